The van der Waals surface area contributed by atoms with Crippen LogP contribution in [0.15, 0.2) is 47.4 Å². The summed E-state index contributed by atoms with van der Waals surface area (Å²) in [7, 11) is 0. The monoisotopic (exact) mass is 324 g/mol. The summed E-state index contributed by atoms with van der Waals surface area (Å²) in [6.45, 7) is 0. The van der Waals surface area contributed by atoms with Gasteiger partial charge in [-0.15, -0.1) is 11.8 Å². The van der Waals surface area contributed by atoms with Gasteiger partial charge in [0.1, 0.15) is 0 Å². The van der Waals surface area contributed by atoms with Gasteiger partial charge in [0.2, 0.25) is 0 Å². The number of fused-ring (bicyclic) bond motifs is 1. The van der Waals surface area contributed by atoms with Crippen LogP contribution < -0.4 is 0 Å². The molecule has 2 aromatic carbocycles. The van der Waals surface area contributed by atoms with Crippen LogP contribution in [0.1, 0.15) is 11.1 Å². The van der Waals surface area contributed by atoms with Crippen LogP contribution in [0.25, 0.3) is 0 Å². The molecule has 2 aromatic rings. The smallest absolute Gasteiger partial charge is 0.0706 e. The molecule has 20 heavy (non-hydrogen) atoms. The molecule has 0 fully saturated rings. The first-order valence-electron chi connectivity index (χ1n) is 6.50. The molecule has 3 rings (SSSR count). The van der Waals surface area contributed by atoms with E-state index in [1.54, 1.807) is 17.8 Å². The first kappa shape index (κ1) is 14.3. The Morgan fingerprint density at radius 2 is 1.95 bits per heavy atom. The zero-order valence-electron chi connectivity index (χ0n) is 10.7. The topological polar surface area (TPSA) is 20.2 Å². The predicted molar refractivity (Wildman–Crippen MR) is 86.0 cm³/mol. The Balaban J connectivity index is 1.72. The van der Waals surface area contributed by atoms with Crippen molar-refractivity contribution >= 4 is 35.0 Å². The van der Waals surface area contributed by atoms with E-state index < -0.39 is 6.10 Å². The highest BCUT2D eigenvalue weighted by atomic mass is 35.5. The quantitative estimate of drug-likeness (QED) is 0.889. The van der Waals surface area contributed by atoms with E-state index in [1.165, 1.54) is 10.5 Å². The van der Waals surface area contributed by atoms with Gasteiger partial charge in [0.15, 0.2) is 0 Å². The molecule has 2 unspecified atom stereocenters. The van der Waals surface area contributed by atoms with Gasteiger partial charge >= 0.3 is 0 Å². The number of benzene rings is 2. The third-order valence-electron chi connectivity index (χ3n) is 3.56. The fourth-order valence-corrected chi connectivity index (χ4v) is 4.19. The van der Waals surface area contributed by atoms with Crippen LogP contribution in [-0.4, -0.2) is 16.5 Å². The SMILES string of the molecule is OC(Cc1cccc(Cl)c1Cl)C1Cc2ccccc2S1. The minimum absolute atomic E-state index is 0.183. The van der Waals surface area contributed by atoms with Gasteiger partial charge in [-0.3, -0.25) is 0 Å². The Morgan fingerprint density at radius 3 is 2.75 bits per heavy atom. The molecule has 1 aliphatic heterocycles. The number of aliphatic hydroxyl groups excluding tert-OH is 1. The highest BCUT2D eigenvalue weighted by Crippen LogP contribution is 2.39. The largest absolute Gasteiger partial charge is 0.392 e. The highest BCUT2D eigenvalue weighted by Gasteiger charge is 2.28. The van der Waals surface area contributed by atoms with E-state index in [1.807, 2.05) is 24.3 Å². The van der Waals surface area contributed by atoms with Crippen LogP contribution in [0.5, 0.6) is 0 Å². The second kappa shape index (κ2) is 5.98. The zero-order chi connectivity index (χ0) is 14.1. The van der Waals surface area contributed by atoms with Crippen LogP contribution in [0.3, 0.4) is 0 Å². The first-order chi connectivity index (χ1) is 9.65. The van der Waals surface area contributed by atoms with Crippen molar-refractivity contribution in [2.24, 2.45) is 0 Å². The van der Waals surface area contributed by atoms with Crippen molar-refractivity contribution in [1.29, 1.82) is 0 Å². The number of rotatable bonds is 3. The molecule has 1 nitrogen and oxygen atoms in total. The standard InChI is InChI=1S/C16H14Cl2OS/c17-12-6-3-5-11(16(12)18)8-13(19)15-9-10-4-1-2-7-14(10)20-15/h1-7,13,15,19H,8-9H2. The minimum atomic E-state index is -0.427. The molecule has 4 heteroatoms. The molecule has 1 N–H and O–H groups in total. The van der Waals surface area contributed by atoms with Crippen molar-refractivity contribution in [2.75, 3.05) is 0 Å². The van der Waals surface area contributed by atoms with Crippen LogP contribution in [0.2, 0.25) is 10.0 Å². The summed E-state index contributed by atoms with van der Waals surface area (Å²) in [6, 6.07) is 13.9. The van der Waals surface area contributed by atoms with Gasteiger partial charge in [-0.1, -0.05) is 53.5 Å². The van der Waals surface area contributed by atoms with Crippen molar-refractivity contribution < 1.29 is 5.11 Å². The lowest BCUT2D eigenvalue weighted by Crippen LogP contribution is -2.25. The lowest BCUT2D eigenvalue weighted by atomic mass is 10.0. The van der Waals surface area contributed by atoms with Gasteiger partial charge in [-0.25, -0.2) is 0 Å². The van der Waals surface area contributed by atoms with Crippen LogP contribution >= 0.6 is 35.0 Å². The van der Waals surface area contributed by atoms with Gasteiger partial charge in [-0.2, -0.15) is 0 Å². The lowest BCUT2D eigenvalue weighted by Gasteiger charge is -2.18. The molecule has 104 valence electrons. The average Bonchev–Trinajstić information content (AvgIpc) is 2.88. The lowest BCUT2D eigenvalue weighted by molar-refractivity contribution is 0.172. The third kappa shape index (κ3) is 2.84. The average molecular weight is 325 g/mol. The Kier molecular flexibility index (Phi) is 4.27. The zero-order valence-corrected chi connectivity index (χ0v) is 13.1. The van der Waals surface area contributed by atoms with Gasteiger partial charge < -0.3 is 5.11 Å². The molecule has 0 aromatic heterocycles. The van der Waals surface area contributed by atoms with Gasteiger partial charge in [0.05, 0.1) is 16.1 Å². The molecule has 0 spiro atoms. The summed E-state index contributed by atoms with van der Waals surface area (Å²) >= 11 is 13.9. The van der Waals surface area contributed by atoms with Crippen LogP contribution in [0.4, 0.5) is 0 Å². The van der Waals surface area contributed by atoms with Crippen molar-refractivity contribution in [3.63, 3.8) is 0 Å². The van der Waals surface area contributed by atoms with E-state index in [2.05, 4.69) is 12.1 Å². The Hall–Kier alpha value is -0.670. The van der Waals surface area contributed by atoms with Gasteiger partial charge in [0, 0.05) is 16.6 Å². The number of halogens is 2. The maximum absolute atomic E-state index is 10.5. The van der Waals surface area contributed by atoms with Gasteiger partial charge in [-0.05, 0) is 29.7 Å². The maximum Gasteiger partial charge on any atom is 0.0706 e. The molecular weight excluding hydrogens is 311 g/mol. The molecule has 0 radical (unpaired) electrons. The molecule has 1 heterocycles. The second-order valence-electron chi connectivity index (χ2n) is 4.95. The number of aliphatic hydroxyl groups is 1. The second-order valence-corrected chi connectivity index (χ2v) is 7.02. The summed E-state index contributed by atoms with van der Waals surface area (Å²) in [5.41, 5.74) is 2.22. The molecule has 0 saturated heterocycles. The van der Waals surface area contributed by atoms with E-state index in [4.69, 9.17) is 23.2 Å². The van der Waals surface area contributed by atoms with Crippen molar-refractivity contribution in [3.8, 4) is 0 Å². The number of thioether (sulfide) groups is 1. The Bertz CT molecular complexity index is 605. The van der Waals surface area contributed by atoms with Crippen molar-refractivity contribution in [3.05, 3.63) is 63.6 Å². The number of hydrogen-bond donors (Lipinski definition) is 1. The van der Waals surface area contributed by atoms with E-state index in [-0.39, 0.29) is 5.25 Å². The van der Waals surface area contributed by atoms with Crippen molar-refractivity contribution in [2.45, 2.75) is 29.1 Å². The summed E-state index contributed by atoms with van der Waals surface area (Å²) in [5, 5.41) is 11.7. The Morgan fingerprint density at radius 1 is 1.15 bits per heavy atom. The molecule has 0 saturated carbocycles. The summed E-state index contributed by atoms with van der Waals surface area (Å²) in [6.07, 6.45) is 1.01. The van der Waals surface area contributed by atoms with Crippen molar-refractivity contribution in [1.82, 2.24) is 0 Å². The maximum atomic E-state index is 10.5. The highest BCUT2D eigenvalue weighted by molar-refractivity contribution is 8.00. The fraction of sp³-hybridized carbons (Fsp3) is 0.250. The first-order valence-corrected chi connectivity index (χ1v) is 8.14. The molecular formula is C16H14Cl2OS. The molecule has 2 atom stereocenters. The fourth-order valence-electron chi connectivity index (χ4n) is 2.49. The van der Waals surface area contributed by atoms with Crippen LogP contribution in [0, 0.1) is 0 Å². The van der Waals surface area contributed by atoms with Gasteiger partial charge in [0.25, 0.3) is 0 Å². The molecule has 0 bridgehead atoms. The number of hydrogen-bond acceptors (Lipinski definition) is 2. The van der Waals surface area contributed by atoms with E-state index in [0.717, 1.165) is 12.0 Å². The minimum Gasteiger partial charge on any atom is -0.392 e. The van der Waals surface area contributed by atoms with E-state index in [0.29, 0.717) is 16.5 Å². The summed E-state index contributed by atoms with van der Waals surface area (Å²) in [4.78, 5) is 1.27. The predicted octanol–water partition coefficient (Wildman–Crippen LogP) is 4.61. The summed E-state index contributed by atoms with van der Waals surface area (Å²) < 4.78 is 0. The van der Waals surface area contributed by atoms with Crippen LogP contribution in [-0.2, 0) is 12.8 Å². The Labute approximate surface area is 132 Å². The normalized spacial score (nSPS) is 18.9. The molecule has 0 amide bonds. The summed E-state index contributed by atoms with van der Waals surface area (Å²) in [5.74, 6) is 0. The van der Waals surface area contributed by atoms with E-state index >= 15 is 0 Å². The third-order valence-corrected chi connectivity index (χ3v) is 5.86. The van der Waals surface area contributed by atoms with E-state index in [9.17, 15) is 5.11 Å². The molecule has 0 aliphatic carbocycles. The molecule has 1 aliphatic rings.